The van der Waals surface area contributed by atoms with Crippen LogP contribution in [0, 0.1) is 6.92 Å². The van der Waals surface area contributed by atoms with E-state index in [0.29, 0.717) is 17.8 Å². The zero-order valence-corrected chi connectivity index (χ0v) is 14.7. The second-order valence-electron chi connectivity index (χ2n) is 5.40. The van der Waals surface area contributed by atoms with E-state index < -0.39 is 0 Å². The first kappa shape index (κ1) is 15.7. The monoisotopic (exact) mass is 368 g/mol. The zero-order chi connectivity index (χ0) is 16.4. The summed E-state index contributed by atoms with van der Waals surface area (Å²) in [4.78, 5) is 13.0. The first-order valence-electron chi connectivity index (χ1n) is 7.54. The Hall–Kier alpha value is -2.20. The normalized spacial score (nSPS) is 10.7. The van der Waals surface area contributed by atoms with Gasteiger partial charge < -0.3 is 0 Å². The molecule has 0 aliphatic carbocycles. The lowest BCUT2D eigenvalue weighted by molar-refractivity contribution is 0.642. The van der Waals surface area contributed by atoms with Crippen molar-refractivity contribution in [3.63, 3.8) is 0 Å². The average molecular weight is 369 g/mol. The molecule has 0 amide bonds. The maximum Gasteiger partial charge on any atom is 0.215 e. The van der Waals surface area contributed by atoms with Gasteiger partial charge in [0.1, 0.15) is 5.69 Å². The minimum atomic E-state index is -0.0397. The molecule has 0 saturated heterocycles. The predicted molar refractivity (Wildman–Crippen MR) is 97.5 cm³/mol. The number of aromatic nitrogens is 2. The van der Waals surface area contributed by atoms with Crippen molar-refractivity contribution in [2.45, 2.75) is 20.4 Å². The molecule has 23 heavy (non-hydrogen) atoms. The van der Waals surface area contributed by atoms with Crippen LogP contribution in [0.1, 0.15) is 12.5 Å². The fraction of sp³-hybridized carbons (Fsp3) is 0.158. The van der Waals surface area contributed by atoms with Crippen LogP contribution in [0.2, 0.25) is 0 Å². The number of hydrogen-bond acceptors (Lipinski definition) is 2. The van der Waals surface area contributed by atoms with Gasteiger partial charge in [-0.25, -0.2) is 0 Å². The number of halogens is 1. The molecule has 4 heteroatoms. The zero-order valence-electron chi connectivity index (χ0n) is 13.1. The molecule has 0 N–H and O–H groups in total. The summed E-state index contributed by atoms with van der Waals surface area (Å²) in [5.41, 5.74) is 3.96. The van der Waals surface area contributed by atoms with E-state index in [-0.39, 0.29) is 5.43 Å². The van der Waals surface area contributed by atoms with Gasteiger partial charge in [0.05, 0.1) is 0 Å². The van der Waals surface area contributed by atoms with Crippen molar-refractivity contribution in [1.82, 2.24) is 9.78 Å². The summed E-state index contributed by atoms with van der Waals surface area (Å²) in [6.07, 6.45) is 1.83. The van der Waals surface area contributed by atoms with Crippen LogP contribution in [-0.4, -0.2) is 9.78 Å². The van der Waals surface area contributed by atoms with E-state index in [1.54, 1.807) is 0 Å². The summed E-state index contributed by atoms with van der Waals surface area (Å²) in [6.45, 7) is 4.72. The van der Waals surface area contributed by atoms with Gasteiger partial charge in [-0.15, -0.1) is 0 Å². The summed E-state index contributed by atoms with van der Waals surface area (Å²) in [6, 6.07) is 15.6. The first-order valence-corrected chi connectivity index (χ1v) is 8.33. The van der Waals surface area contributed by atoms with Crippen LogP contribution >= 0.6 is 15.9 Å². The van der Waals surface area contributed by atoms with E-state index in [0.717, 1.165) is 21.2 Å². The molecule has 1 heterocycles. The highest BCUT2D eigenvalue weighted by Gasteiger charge is 2.14. The lowest BCUT2D eigenvalue weighted by Gasteiger charge is -2.11. The van der Waals surface area contributed by atoms with Gasteiger partial charge in [-0.3, -0.25) is 9.48 Å². The van der Waals surface area contributed by atoms with E-state index in [2.05, 4.69) is 21.0 Å². The molecule has 3 rings (SSSR count). The van der Waals surface area contributed by atoms with Gasteiger partial charge >= 0.3 is 0 Å². The number of rotatable bonds is 3. The number of nitrogens with zero attached hydrogens (tertiary/aromatic N) is 2. The maximum absolute atomic E-state index is 13.0. The molecule has 0 bridgehead atoms. The van der Waals surface area contributed by atoms with Gasteiger partial charge in [0, 0.05) is 28.3 Å². The van der Waals surface area contributed by atoms with Crippen molar-refractivity contribution >= 4 is 15.9 Å². The Bertz CT molecular complexity index is 915. The molecule has 0 saturated carbocycles. The quantitative estimate of drug-likeness (QED) is 0.673. The largest absolute Gasteiger partial charge is 0.287 e. The van der Waals surface area contributed by atoms with E-state index in [4.69, 9.17) is 0 Å². The van der Waals surface area contributed by atoms with Crippen LogP contribution in [-0.2, 0) is 6.54 Å². The van der Waals surface area contributed by atoms with E-state index in [1.807, 2.05) is 73.3 Å². The van der Waals surface area contributed by atoms with E-state index in [1.165, 1.54) is 0 Å². The number of benzene rings is 2. The maximum atomic E-state index is 13.0. The fourth-order valence-corrected chi connectivity index (χ4v) is 2.98. The summed E-state index contributed by atoms with van der Waals surface area (Å²) in [5, 5.41) is 4.52. The second-order valence-corrected chi connectivity index (χ2v) is 6.32. The lowest BCUT2D eigenvalue weighted by Crippen LogP contribution is -2.17. The molecule has 0 aliphatic rings. The SMILES string of the molecule is CCn1cc(-c2cccc(Br)c2)c(=O)c(-c2ccccc2C)n1. The summed E-state index contributed by atoms with van der Waals surface area (Å²) in [5.74, 6) is 0. The molecular formula is C19H17BrN2O. The third-order valence-electron chi connectivity index (χ3n) is 3.83. The summed E-state index contributed by atoms with van der Waals surface area (Å²) in [7, 11) is 0. The van der Waals surface area contributed by atoms with E-state index in [9.17, 15) is 4.79 Å². The highest BCUT2D eigenvalue weighted by Crippen LogP contribution is 2.23. The third-order valence-corrected chi connectivity index (χ3v) is 4.32. The van der Waals surface area contributed by atoms with Gasteiger partial charge in [0.25, 0.3) is 0 Å². The van der Waals surface area contributed by atoms with Crippen LogP contribution in [0.4, 0.5) is 0 Å². The fourth-order valence-electron chi connectivity index (χ4n) is 2.58. The van der Waals surface area contributed by atoms with Crippen LogP contribution in [0.25, 0.3) is 22.4 Å². The Morgan fingerprint density at radius 3 is 2.57 bits per heavy atom. The summed E-state index contributed by atoms with van der Waals surface area (Å²) >= 11 is 3.47. The van der Waals surface area contributed by atoms with Crippen LogP contribution in [0.3, 0.4) is 0 Å². The molecule has 0 fully saturated rings. The number of hydrogen-bond donors (Lipinski definition) is 0. The van der Waals surface area contributed by atoms with Gasteiger partial charge in [0.2, 0.25) is 5.43 Å². The van der Waals surface area contributed by atoms with Crippen molar-refractivity contribution < 1.29 is 0 Å². The van der Waals surface area contributed by atoms with Crippen molar-refractivity contribution in [2.24, 2.45) is 0 Å². The van der Waals surface area contributed by atoms with Gasteiger partial charge in [-0.05, 0) is 37.1 Å². The predicted octanol–water partition coefficient (Wildman–Crippen LogP) is 4.67. The highest BCUT2D eigenvalue weighted by molar-refractivity contribution is 9.10. The van der Waals surface area contributed by atoms with E-state index >= 15 is 0 Å². The molecule has 2 aromatic carbocycles. The molecule has 0 unspecified atom stereocenters. The third kappa shape index (κ3) is 3.13. The molecule has 3 aromatic rings. The minimum Gasteiger partial charge on any atom is -0.287 e. The van der Waals surface area contributed by atoms with Gasteiger partial charge in [-0.1, -0.05) is 52.3 Å². The average Bonchev–Trinajstić information content (AvgIpc) is 2.56. The molecule has 0 spiro atoms. The molecule has 116 valence electrons. The van der Waals surface area contributed by atoms with Crippen molar-refractivity contribution in [1.29, 1.82) is 0 Å². The highest BCUT2D eigenvalue weighted by atomic mass is 79.9. The standard InChI is InChI=1S/C19H17BrN2O/c1-3-22-12-17(14-8-6-9-15(20)11-14)19(23)18(21-22)16-10-5-4-7-13(16)2/h4-12H,3H2,1-2H3. The molecule has 0 radical (unpaired) electrons. The lowest BCUT2D eigenvalue weighted by atomic mass is 10.0. The minimum absolute atomic E-state index is 0.0397. The second kappa shape index (κ2) is 6.50. The van der Waals surface area contributed by atoms with Crippen LogP contribution in [0.5, 0.6) is 0 Å². The van der Waals surface area contributed by atoms with Gasteiger partial charge in [0.15, 0.2) is 0 Å². The molecule has 3 nitrogen and oxygen atoms in total. The Kier molecular flexibility index (Phi) is 4.44. The number of aryl methyl sites for hydroxylation is 2. The van der Waals surface area contributed by atoms with Crippen LogP contribution in [0.15, 0.2) is 64.0 Å². The van der Waals surface area contributed by atoms with Crippen molar-refractivity contribution in [3.8, 4) is 22.4 Å². The topological polar surface area (TPSA) is 34.9 Å². The summed E-state index contributed by atoms with van der Waals surface area (Å²) < 4.78 is 2.77. The van der Waals surface area contributed by atoms with Crippen molar-refractivity contribution in [3.05, 3.63) is 75.0 Å². The molecular weight excluding hydrogens is 352 g/mol. The van der Waals surface area contributed by atoms with Gasteiger partial charge in [-0.2, -0.15) is 5.10 Å². The Labute approximate surface area is 143 Å². The molecule has 0 aliphatic heterocycles. The van der Waals surface area contributed by atoms with Crippen LogP contribution < -0.4 is 5.43 Å². The van der Waals surface area contributed by atoms with Crippen molar-refractivity contribution in [2.75, 3.05) is 0 Å². The molecule has 1 aromatic heterocycles. The smallest absolute Gasteiger partial charge is 0.215 e. The Morgan fingerprint density at radius 1 is 1.09 bits per heavy atom. The first-order chi connectivity index (χ1) is 11.1. The molecule has 0 atom stereocenters. The Morgan fingerprint density at radius 2 is 1.87 bits per heavy atom. The Balaban J connectivity index is 2.29.